The second kappa shape index (κ2) is 5.81. The quantitative estimate of drug-likeness (QED) is 0.858. The molecular formula is C17H29NOS. The summed E-state index contributed by atoms with van der Waals surface area (Å²) >= 11 is 2.11. The molecule has 3 heteroatoms. The van der Waals surface area contributed by atoms with Gasteiger partial charge in [-0.05, 0) is 75.0 Å². The standard InChI is InChI=1S/C17H29NOS/c1-2-14(11-18-15-4-5-15)16(3-1)13-6-8-19-17(10-13)7-9-20-12-17/h13-16,18H,1-12H2. The van der Waals surface area contributed by atoms with Gasteiger partial charge < -0.3 is 10.1 Å². The summed E-state index contributed by atoms with van der Waals surface area (Å²) < 4.78 is 6.22. The van der Waals surface area contributed by atoms with Crippen LogP contribution in [-0.2, 0) is 4.74 Å². The Hall–Kier alpha value is 0.270. The van der Waals surface area contributed by atoms with Crippen molar-refractivity contribution in [2.45, 2.75) is 63.0 Å². The second-order valence-corrected chi connectivity index (χ2v) is 8.73. The van der Waals surface area contributed by atoms with E-state index in [-0.39, 0.29) is 5.60 Å². The fourth-order valence-electron chi connectivity index (χ4n) is 4.84. The normalized spacial score (nSPS) is 45.3. The average Bonchev–Trinajstić information content (AvgIpc) is 3.00. The van der Waals surface area contributed by atoms with E-state index in [0.29, 0.717) is 0 Å². The molecule has 2 saturated carbocycles. The molecule has 0 aromatic rings. The molecule has 0 amide bonds. The van der Waals surface area contributed by atoms with Gasteiger partial charge in [-0.15, -0.1) is 0 Å². The lowest BCUT2D eigenvalue weighted by molar-refractivity contribution is -0.0918. The summed E-state index contributed by atoms with van der Waals surface area (Å²) in [4.78, 5) is 0. The van der Waals surface area contributed by atoms with Crippen LogP contribution in [0.25, 0.3) is 0 Å². The lowest BCUT2D eigenvalue weighted by Crippen LogP contribution is -2.43. The Kier molecular flexibility index (Phi) is 4.04. The van der Waals surface area contributed by atoms with E-state index in [1.165, 1.54) is 69.4 Å². The highest BCUT2D eigenvalue weighted by Crippen LogP contribution is 2.47. The number of ether oxygens (including phenoxy) is 1. The number of hydrogen-bond donors (Lipinski definition) is 1. The minimum atomic E-state index is 0.282. The highest BCUT2D eigenvalue weighted by Gasteiger charge is 2.44. The van der Waals surface area contributed by atoms with Gasteiger partial charge in [0.2, 0.25) is 0 Å². The van der Waals surface area contributed by atoms with Gasteiger partial charge in [0.05, 0.1) is 5.60 Å². The molecule has 4 atom stereocenters. The number of rotatable bonds is 4. The molecule has 4 unspecified atom stereocenters. The van der Waals surface area contributed by atoms with Crippen molar-refractivity contribution in [3.05, 3.63) is 0 Å². The number of nitrogens with one attached hydrogen (secondary N) is 1. The zero-order valence-corrected chi connectivity index (χ0v) is 13.4. The molecule has 4 rings (SSSR count). The minimum absolute atomic E-state index is 0.282. The topological polar surface area (TPSA) is 21.3 Å². The van der Waals surface area contributed by atoms with Crippen molar-refractivity contribution in [2.75, 3.05) is 24.7 Å². The van der Waals surface area contributed by atoms with Crippen molar-refractivity contribution in [1.29, 1.82) is 0 Å². The third-order valence-corrected chi connectivity index (χ3v) is 7.39. The van der Waals surface area contributed by atoms with E-state index in [0.717, 1.165) is 30.4 Å². The summed E-state index contributed by atoms with van der Waals surface area (Å²) in [5.41, 5.74) is 0.282. The molecular weight excluding hydrogens is 266 g/mol. The zero-order chi connectivity index (χ0) is 13.4. The van der Waals surface area contributed by atoms with Gasteiger partial charge in [0, 0.05) is 18.4 Å². The number of thioether (sulfide) groups is 1. The molecule has 1 N–H and O–H groups in total. The molecule has 2 heterocycles. The first-order valence-corrected chi connectivity index (χ1v) is 9.95. The Morgan fingerprint density at radius 3 is 2.90 bits per heavy atom. The highest BCUT2D eigenvalue weighted by atomic mass is 32.2. The summed E-state index contributed by atoms with van der Waals surface area (Å²) in [6, 6.07) is 0.878. The van der Waals surface area contributed by atoms with Crippen LogP contribution in [0.3, 0.4) is 0 Å². The second-order valence-electron chi connectivity index (χ2n) is 7.62. The van der Waals surface area contributed by atoms with Crippen LogP contribution in [0.5, 0.6) is 0 Å². The van der Waals surface area contributed by atoms with E-state index in [9.17, 15) is 0 Å². The Morgan fingerprint density at radius 2 is 2.10 bits per heavy atom. The fourth-order valence-corrected chi connectivity index (χ4v) is 6.22. The molecule has 0 radical (unpaired) electrons. The summed E-state index contributed by atoms with van der Waals surface area (Å²) in [5, 5.41) is 3.79. The zero-order valence-electron chi connectivity index (χ0n) is 12.6. The van der Waals surface area contributed by atoms with Crippen molar-refractivity contribution in [1.82, 2.24) is 5.32 Å². The van der Waals surface area contributed by atoms with Crippen molar-refractivity contribution in [3.8, 4) is 0 Å². The summed E-state index contributed by atoms with van der Waals surface area (Å²) in [6.07, 6.45) is 11.3. The van der Waals surface area contributed by atoms with Gasteiger partial charge in [0.25, 0.3) is 0 Å². The molecule has 114 valence electrons. The van der Waals surface area contributed by atoms with Crippen molar-refractivity contribution < 1.29 is 4.74 Å². The molecule has 2 nitrogen and oxygen atoms in total. The smallest absolute Gasteiger partial charge is 0.0783 e. The fraction of sp³-hybridized carbons (Fsp3) is 1.00. The SMILES string of the molecule is C1CC(CNC2CC2)C(C2CCOC3(CCSC3)C2)C1. The van der Waals surface area contributed by atoms with Gasteiger partial charge >= 0.3 is 0 Å². The molecule has 20 heavy (non-hydrogen) atoms. The lowest BCUT2D eigenvalue weighted by atomic mass is 9.74. The van der Waals surface area contributed by atoms with Crippen molar-refractivity contribution in [3.63, 3.8) is 0 Å². The first-order valence-electron chi connectivity index (χ1n) is 8.80. The summed E-state index contributed by atoms with van der Waals surface area (Å²) in [6.45, 7) is 2.33. The van der Waals surface area contributed by atoms with Gasteiger partial charge in [0.15, 0.2) is 0 Å². The molecule has 2 aliphatic heterocycles. The predicted octanol–water partition coefficient (Wildman–Crippen LogP) is 3.46. The molecule has 0 bridgehead atoms. The van der Waals surface area contributed by atoms with Crippen LogP contribution in [-0.4, -0.2) is 36.3 Å². The lowest BCUT2D eigenvalue weighted by Gasteiger charge is -2.41. The maximum Gasteiger partial charge on any atom is 0.0783 e. The summed E-state index contributed by atoms with van der Waals surface area (Å²) in [7, 11) is 0. The first kappa shape index (κ1) is 13.9. The van der Waals surface area contributed by atoms with E-state index < -0.39 is 0 Å². The van der Waals surface area contributed by atoms with Crippen molar-refractivity contribution >= 4 is 11.8 Å². The van der Waals surface area contributed by atoms with Crippen LogP contribution >= 0.6 is 11.8 Å². The predicted molar refractivity (Wildman–Crippen MR) is 85.2 cm³/mol. The third kappa shape index (κ3) is 2.91. The minimum Gasteiger partial charge on any atom is -0.374 e. The number of hydrogen-bond acceptors (Lipinski definition) is 3. The van der Waals surface area contributed by atoms with Crippen molar-refractivity contribution in [2.24, 2.45) is 17.8 Å². The van der Waals surface area contributed by atoms with Crippen LogP contribution < -0.4 is 5.32 Å². The molecule has 0 aromatic carbocycles. The van der Waals surface area contributed by atoms with Gasteiger partial charge in [-0.3, -0.25) is 0 Å². The van der Waals surface area contributed by atoms with Crippen LogP contribution in [0.1, 0.15) is 51.4 Å². The maximum absolute atomic E-state index is 6.22. The molecule has 0 aromatic heterocycles. The van der Waals surface area contributed by atoms with E-state index in [1.54, 1.807) is 0 Å². The Labute approximate surface area is 127 Å². The molecule has 2 saturated heterocycles. The monoisotopic (exact) mass is 295 g/mol. The van der Waals surface area contributed by atoms with E-state index in [2.05, 4.69) is 17.1 Å². The Balaban J connectivity index is 1.37. The van der Waals surface area contributed by atoms with Gasteiger partial charge in [-0.1, -0.05) is 6.42 Å². The van der Waals surface area contributed by atoms with Gasteiger partial charge in [-0.25, -0.2) is 0 Å². The van der Waals surface area contributed by atoms with Crippen LogP contribution in [0.4, 0.5) is 0 Å². The van der Waals surface area contributed by atoms with Crippen LogP contribution in [0.2, 0.25) is 0 Å². The Bertz CT molecular complexity index is 338. The first-order chi connectivity index (χ1) is 9.85. The molecule has 4 fully saturated rings. The van der Waals surface area contributed by atoms with Gasteiger partial charge in [-0.2, -0.15) is 11.8 Å². The van der Waals surface area contributed by atoms with Gasteiger partial charge in [0.1, 0.15) is 0 Å². The highest BCUT2D eigenvalue weighted by molar-refractivity contribution is 7.99. The van der Waals surface area contributed by atoms with E-state index >= 15 is 0 Å². The van der Waals surface area contributed by atoms with Crippen LogP contribution in [0, 0.1) is 17.8 Å². The summed E-state index contributed by atoms with van der Waals surface area (Å²) in [5.74, 6) is 5.50. The van der Waals surface area contributed by atoms with Crippen LogP contribution in [0.15, 0.2) is 0 Å². The Morgan fingerprint density at radius 1 is 1.15 bits per heavy atom. The largest absolute Gasteiger partial charge is 0.374 e. The maximum atomic E-state index is 6.22. The van der Waals surface area contributed by atoms with E-state index in [4.69, 9.17) is 4.74 Å². The molecule has 2 aliphatic carbocycles. The molecule has 1 spiro atoms. The van der Waals surface area contributed by atoms with E-state index in [1.807, 2.05) is 0 Å². The molecule has 4 aliphatic rings. The third-order valence-electron chi connectivity index (χ3n) is 6.17. The average molecular weight is 295 g/mol.